The van der Waals surface area contributed by atoms with Gasteiger partial charge in [0.1, 0.15) is 5.56 Å². The van der Waals surface area contributed by atoms with Crippen molar-refractivity contribution >= 4 is 17.4 Å². The van der Waals surface area contributed by atoms with Crippen LogP contribution in [-0.2, 0) is 14.9 Å². The molecule has 0 amide bonds. The van der Waals surface area contributed by atoms with Crippen molar-refractivity contribution in [2.45, 2.75) is 32.6 Å². The third kappa shape index (κ3) is 3.67. The quantitative estimate of drug-likeness (QED) is 0.520. The Hall–Kier alpha value is -3.93. The normalized spacial score (nSPS) is 14.6. The molecule has 1 aliphatic heterocycles. The van der Waals surface area contributed by atoms with Gasteiger partial charge in [0.25, 0.3) is 5.56 Å². The van der Waals surface area contributed by atoms with Gasteiger partial charge in [0.15, 0.2) is 0 Å². The molecule has 9 heteroatoms. The van der Waals surface area contributed by atoms with E-state index in [9.17, 15) is 24.8 Å². The molecule has 0 atom stereocenters. The number of hydrogen-bond donors (Lipinski definition) is 3. The first-order chi connectivity index (χ1) is 14.1. The molecule has 1 aliphatic rings. The Morgan fingerprint density at radius 3 is 2.50 bits per heavy atom. The summed E-state index contributed by atoms with van der Waals surface area (Å²) >= 11 is 0. The summed E-state index contributed by atoms with van der Waals surface area (Å²) in [7, 11) is 1.22. The van der Waals surface area contributed by atoms with E-state index in [0.29, 0.717) is 11.1 Å². The summed E-state index contributed by atoms with van der Waals surface area (Å²) in [6.45, 7) is 6.06. The van der Waals surface area contributed by atoms with Gasteiger partial charge in [-0.05, 0) is 17.0 Å². The molecule has 1 aromatic carbocycles. The number of nitrogens with one attached hydrogen (secondary N) is 2. The summed E-state index contributed by atoms with van der Waals surface area (Å²) in [4.78, 5) is 44.2. The minimum Gasteiger partial charge on any atom is -0.494 e. The number of methoxy groups -OCH3 is 1. The molecule has 0 spiro atoms. The number of fused-ring (bicyclic) bond motifs is 1. The predicted octanol–water partition coefficient (Wildman–Crippen LogP) is 1.72. The highest BCUT2D eigenvalue weighted by molar-refractivity contribution is 6.21. The van der Waals surface area contributed by atoms with Crippen LogP contribution >= 0.6 is 0 Å². The first-order valence-electron chi connectivity index (χ1n) is 9.06. The fraction of sp³-hybridized carbons (Fsp3) is 0.286. The van der Waals surface area contributed by atoms with Crippen molar-refractivity contribution in [2.75, 3.05) is 7.11 Å². The highest BCUT2D eigenvalue weighted by Crippen LogP contribution is 2.37. The number of aliphatic imine (C=N–C) groups is 1. The van der Waals surface area contributed by atoms with Gasteiger partial charge >= 0.3 is 11.7 Å². The Labute approximate surface area is 171 Å². The molecule has 2 heterocycles. The Morgan fingerprint density at radius 1 is 1.23 bits per heavy atom. The van der Waals surface area contributed by atoms with E-state index in [1.54, 1.807) is 6.07 Å². The minimum absolute atomic E-state index is 0.0597. The fourth-order valence-electron chi connectivity index (χ4n) is 3.15. The zero-order valence-corrected chi connectivity index (χ0v) is 16.9. The standard InChI is InChI=1S/C21H20N4O5/c1-21(2,3)11-5-6-12-13(8-11)16(10(9-22)7-14(26)30-4)23-17(12)15-18(27)24-20(29)25-19(15)28/h5-6,8H,7H2,1-4H3,(H3,24,25,27,28,29)/b16-10+. The first kappa shape index (κ1) is 20.8. The number of esters is 1. The molecule has 2 aromatic rings. The van der Waals surface area contributed by atoms with Crippen LogP contribution in [-0.4, -0.2) is 33.9 Å². The molecule has 154 valence electrons. The molecule has 3 rings (SSSR count). The van der Waals surface area contributed by atoms with Gasteiger partial charge in [-0.15, -0.1) is 0 Å². The molecule has 0 aliphatic carbocycles. The second kappa shape index (κ2) is 7.48. The van der Waals surface area contributed by atoms with Gasteiger partial charge in [0.05, 0.1) is 36.6 Å². The number of aromatic hydroxyl groups is 1. The molecular weight excluding hydrogens is 388 g/mol. The largest absolute Gasteiger partial charge is 0.494 e. The van der Waals surface area contributed by atoms with Gasteiger partial charge in [-0.3, -0.25) is 19.6 Å². The van der Waals surface area contributed by atoms with Gasteiger partial charge < -0.3 is 9.84 Å². The highest BCUT2D eigenvalue weighted by atomic mass is 16.5. The third-order valence-corrected chi connectivity index (χ3v) is 4.75. The van der Waals surface area contributed by atoms with Crippen LogP contribution in [0.25, 0.3) is 5.70 Å². The average Bonchev–Trinajstić information content (AvgIpc) is 3.03. The summed E-state index contributed by atoms with van der Waals surface area (Å²) < 4.78 is 4.66. The van der Waals surface area contributed by atoms with Crippen molar-refractivity contribution in [3.63, 3.8) is 0 Å². The Balaban J connectivity index is 2.35. The lowest BCUT2D eigenvalue weighted by Gasteiger charge is -2.20. The van der Waals surface area contributed by atoms with Crippen LogP contribution in [0, 0.1) is 11.3 Å². The van der Waals surface area contributed by atoms with Crippen molar-refractivity contribution in [3.8, 4) is 11.9 Å². The molecule has 0 bridgehead atoms. The monoisotopic (exact) mass is 408 g/mol. The van der Waals surface area contributed by atoms with Crippen molar-refractivity contribution in [1.82, 2.24) is 9.97 Å². The number of hydrogen-bond acceptors (Lipinski definition) is 7. The maximum atomic E-state index is 12.4. The van der Waals surface area contributed by atoms with Gasteiger partial charge in [0.2, 0.25) is 5.88 Å². The molecule has 1 aromatic heterocycles. The number of H-pyrrole nitrogens is 2. The average molecular weight is 408 g/mol. The third-order valence-electron chi connectivity index (χ3n) is 4.75. The van der Waals surface area contributed by atoms with Crippen LogP contribution in [0.15, 0.2) is 38.4 Å². The topological polar surface area (TPSA) is 148 Å². The zero-order chi connectivity index (χ0) is 22.2. The molecule has 30 heavy (non-hydrogen) atoms. The molecular formula is C21H20N4O5. The van der Waals surface area contributed by atoms with E-state index in [1.807, 2.05) is 39.0 Å². The first-order valence-corrected chi connectivity index (χ1v) is 9.06. The van der Waals surface area contributed by atoms with Crippen LogP contribution in [0.2, 0.25) is 0 Å². The van der Waals surface area contributed by atoms with Crippen molar-refractivity contribution in [2.24, 2.45) is 4.99 Å². The molecule has 0 radical (unpaired) electrons. The van der Waals surface area contributed by atoms with E-state index in [0.717, 1.165) is 5.56 Å². The molecule has 0 saturated heterocycles. The number of carbonyl (C=O) groups is 1. The number of benzene rings is 1. The lowest BCUT2D eigenvalue weighted by molar-refractivity contribution is -0.139. The smallest absolute Gasteiger partial charge is 0.328 e. The van der Waals surface area contributed by atoms with Crippen LogP contribution in [0.1, 0.15) is 49.4 Å². The number of rotatable bonds is 3. The summed E-state index contributed by atoms with van der Waals surface area (Å²) in [5.41, 5.74) is 0.217. The molecule has 3 N–H and O–H groups in total. The van der Waals surface area contributed by atoms with E-state index in [-0.39, 0.29) is 34.4 Å². The van der Waals surface area contributed by atoms with Crippen molar-refractivity contribution in [1.29, 1.82) is 5.26 Å². The van der Waals surface area contributed by atoms with Gasteiger partial charge in [0, 0.05) is 11.1 Å². The lowest BCUT2D eigenvalue weighted by Crippen LogP contribution is -2.27. The number of aromatic amines is 2. The summed E-state index contributed by atoms with van der Waals surface area (Å²) in [5, 5.41) is 19.8. The number of nitriles is 1. The van der Waals surface area contributed by atoms with E-state index in [1.165, 1.54) is 7.11 Å². The Bertz CT molecular complexity index is 1270. The Morgan fingerprint density at radius 2 is 1.93 bits per heavy atom. The van der Waals surface area contributed by atoms with Gasteiger partial charge in [-0.25, -0.2) is 9.79 Å². The Kier molecular flexibility index (Phi) is 5.18. The second-order valence-corrected chi connectivity index (χ2v) is 7.79. The predicted molar refractivity (Wildman–Crippen MR) is 109 cm³/mol. The maximum absolute atomic E-state index is 12.4. The second-order valence-electron chi connectivity index (χ2n) is 7.79. The highest BCUT2D eigenvalue weighted by Gasteiger charge is 2.30. The molecule has 0 fully saturated rings. The van der Waals surface area contributed by atoms with Crippen molar-refractivity contribution < 1.29 is 14.6 Å². The van der Waals surface area contributed by atoms with Crippen LogP contribution < -0.4 is 11.2 Å². The van der Waals surface area contributed by atoms with Crippen LogP contribution in [0.3, 0.4) is 0 Å². The molecule has 9 nitrogen and oxygen atoms in total. The SMILES string of the molecule is COC(=O)C/C(C#N)=C1\N=C(c2c(O)[nH]c(=O)[nH]c2=O)c2ccc(C(C)(C)C)cc21. The zero-order valence-electron chi connectivity index (χ0n) is 16.9. The molecule has 0 saturated carbocycles. The summed E-state index contributed by atoms with van der Waals surface area (Å²) in [6, 6.07) is 7.42. The number of nitrogens with zero attached hydrogens (tertiary/aromatic N) is 2. The molecule has 0 unspecified atom stereocenters. The van der Waals surface area contributed by atoms with E-state index in [2.05, 4.69) is 19.7 Å². The summed E-state index contributed by atoms with van der Waals surface area (Å²) in [6.07, 6.45) is -0.299. The maximum Gasteiger partial charge on any atom is 0.328 e. The minimum atomic E-state index is -0.859. The lowest BCUT2D eigenvalue weighted by atomic mass is 9.84. The fourth-order valence-corrected chi connectivity index (χ4v) is 3.15. The summed E-state index contributed by atoms with van der Waals surface area (Å²) in [5.74, 6) is -1.25. The van der Waals surface area contributed by atoms with Crippen molar-refractivity contribution in [3.05, 3.63) is 66.9 Å². The van der Waals surface area contributed by atoms with Crippen LogP contribution in [0.5, 0.6) is 5.88 Å². The number of carbonyl (C=O) groups excluding carboxylic acids is 1. The van der Waals surface area contributed by atoms with Gasteiger partial charge in [-0.1, -0.05) is 32.9 Å². The van der Waals surface area contributed by atoms with Gasteiger partial charge in [-0.2, -0.15) is 5.26 Å². The van der Waals surface area contributed by atoms with Crippen LogP contribution in [0.4, 0.5) is 0 Å². The van der Waals surface area contributed by atoms with E-state index >= 15 is 0 Å². The van der Waals surface area contributed by atoms with E-state index in [4.69, 9.17) is 0 Å². The number of aromatic nitrogens is 2. The van der Waals surface area contributed by atoms with E-state index < -0.39 is 23.1 Å². The number of ether oxygens (including phenoxy) is 1.